The van der Waals surface area contributed by atoms with E-state index in [1.54, 1.807) is 0 Å². The molecule has 1 fully saturated rings. The molecule has 1 aliphatic rings. The fourth-order valence-electron chi connectivity index (χ4n) is 2.68. The lowest BCUT2D eigenvalue weighted by atomic mass is 9.98. The third-order valence-electron chi connectivity index (χ3n) is 3.78. The van der Waals surface area contributed by atoms with E-state index in [9.17, 15) is 0 Å². The Morgan fingerprint density at radius 2 is 1.75 bits per heavy atom. The van der Waals surface area contributed by atoms with Crippen LogP contribution in [0.5, 0.6) is 0 Å². The smallest absolute Gasteiger partial charge is 0.0331 e. The normalized spacial score (nSPS) is 37.0. The molecule has 1 saturated carbocycles. The molecule has 0 spiro atoms. The molecule has 1 rings (SSSR count). The van der Waals surface area contributed by atoms with E-state index in [0.29, 0.717) is 0 Å². The summed E-state index contributed by atoms with van der Waals surface area (Å²) in [6.07, 6.45) is 2.83. The summed E-state index contributed by atoms with van der Waals surface area (Å²) < 4.78 is 0. The van der Waals surface area contributed by atoms with Gasteiger partial charge in [-0.15, -0.1) is 0 Å². The summed E-state index contributed by atoms with van der Waals surface area (Å²) in [5, 5.41) is 0. The van der Waals surface area contributed by atoms with E-state index in [1.165, 1.54) is 12.8 Å². The molecule has 0 saturated heterocycles. The van der Waals surface area contributed by atoms with Gasteiger partial charge in [-0.1, -0.05) is 41.0 Å². The summed E-state index contributed by atoms with van der Waals surface area (Å²) in [5.74, 6) is 4.97. The van der Waals surface area contributed by atoms with Crippen LogP contribution in [0.15, 0.2) is 0 Å². The molecule has 4 atom stereocenters. The van der Waals surface area contributed by atoms with Gasteiger partial charge in [0.15, 0.2) is 0 Å². The van der Waals surface area contributed by atoms with Crippen molar-refractivity contribution < 1.29 is 0 Å². The zero-order valence-corrected chi connectivity index (χ0v) is 9.30. The van der Waals surface area contributed by atoms with Crippen molar-refractivity contribution in [3.8, 4) is 0 Å². The van der Waals surface area contributed by atoms with Crippen molar-refractivity contribution in [3.05, 3.63) is 0 Å². The summed E-state index contributed by atoms with van der Waals surface area (Å²) in [4.78, 5) is 0. The molecule has 0 aromatic heterocycles. The van der Waals surface area contributed by atoms with Gasteiger partial charge < -0.3 is 0 Å². The molecule has 0 heterocycles. The fourth-order valence-corrected chi connectivity index (χ4v) is 2.68. The van der Waals surface area contributed by atoms with Gasteiger partial charge in [0.05, 0.1) is 0 Å². The molecule has 12 heavy (non-hydrogen) atoms. The van der Waals surface area contributed by atoms with E-state index in [1.807, 2.05) is 0 Å². The van der Waals surface area contributed by atoms with Gasteiger partial charge in [-0.3, -0.25) is 0 Å². The van der Waals surface area contributed by atoms with Gasteiger partial charge in [-0.2, -0.15) is 0 Å². The van der Waals surface area contributed by atoms with Crippen molar-refractivity contribution in [2.45, 2.75) is 47.5 Å². The summed E-state index contributed by atoms with van der Waals surface area (Å²) in [6, 6.07) is 0. The van der Waals surface area contributed by atoms with Gasteiger partial charge in [-0.05, 0) is 36.0 Å². The topological polar surface area (TPSA) is 0 Å². The van der Waals surface area contributed by atoms with Crippen LogP contribution in [0.4, 0.5) is 0 Å². The van der Waals surface area contributed by atoms with Gasteiger partial charge in [0.25, 0.3) is 0 Å². The summed E-state index contributed by atoms with van der Waals surface area (Å²) in [5.41, 5.74) is 0. The second kappa shape index (κ2) is 3.81. The van der Waals surface area contributed by atoms with Gasteiger partial charge in [0.2, 0.25) is 0 Å². The van der Waals surface area contributed by atoms with E-state index in [2.05, 4.69) is 34.6 Å². The van der Waals surface area contributed by atoms with Crippen molar-refractivity contribution in [3.63, 3.8) is 0 Å². The third-order valence-corrected chi connectivity index (χ3v) is 3.78. The van der Waals surface area contributed by atoms with Crippen molar-refractivity contribution in [2.24, 2.45) is 29.6 Å². The highest BCUT2D eigenvalue weighted by Gasteiger charge is 2.47. The Morgan fingerprint density at radius 1 is 1.17 bits per heavy atom. The van der Waals surface area contributed by atoms with Crippen molar-refractivity contribution in [2.75, 3.05) is 0 Å². The van der Waals surface area contributed by atoms with Crippen molar-refractivity contribution >= 4 is 0 Å². The molecular formula is C12H24. The van der Waals surface area contributed by atoms with Crippen LogP contribution in [-0.4, -0.2) is 0 Å². The Labute approximate surface area is 77.7 Å². The molecule has 0 nitrogen and oxygen atoms in total. The minimum Gasteiger partial charge on any atom is -0.0651 e. The molecule has 72 valence electrons. The van der Waals surface area contributed by atoms with Crippen LogP contribution in [-0.2, 0) is 0 Å². The highest BCUT2D eigenvalue weighted by Crippen LogP contribution is 2.53. The average Bonchev–Trinajstić information content (AvgIpc) is 2.61. The van der Waals surface area contributed by atoms with Crippen LogP contribution in [0, 0.1) is 29.6 Å². The van der Waals surface area contributed by atoms with Crippen molar-refractivity contribution in [1.82, 2.24) is 0 Å². The Morgan fingerprint density at radius 3 is 2.08 bits per heavy atom. The molecule has 0 aliphatic heterocycles. The Balaban J connectivity index is 2.28. The third kappa shape index (κ3) is 2.02. The van der Waals surface area contributed by atoms with Gasteiger partial charge >= 0.3 is 0 Å². The van der Waals surface area contributed by atoms with E-state index in [0.717, 1.165) is 29.6 Å². The Bertz CT molecular complexity index is 137. The average molecular weight is 168 g/mol. The van der Waals surface area contributed by atoms with Crippen LogP contribution < -0.4 is 0 Å². The Kier molecular flexibility index (Phi) is 3.20. The van der Waals surface area contributed by atoms with Gasteiger partial charge in [0, 0.05) is 0 Å². The zero-order valence-electron chi connectivity index (χ0n) is 9.30. The predicted molar refractivity (Wildman–Crippen MR) is 55.1 cm³/mol. The standard InChI is InChI=1S/C12H24/c1-6-9(4)7-11-10(5)12(11)8(2)3/h8-12H,6-7H2,1-5H3. The SMILES string of the molecule is CCC(C)CC1C(C)C1C(C)C. The second-order valence-corrected chi connectivity index (χ2v) is 5.09. The number of hydrogen-bond donors (Lipinski definition) is 0. The minimum absolute atomic E-state index is 0.911. The molecule has 0 aromatic carbocycles. The maximum Gasteiger partial charge on any atom is -0.0331 e. The zero-order chi connectivity index (χ0) is 9.30. The van der Waals surface area contributed by atoms with Crippen molar-refractivity contribution in [1.29, 1.82) is 0 Å². The molecule has 4 unspecified atom stereocenters. The highest BCUT2D eigenvalue weighted by atomic mass is 14.5. The first-order valence-electron chi connectivity index (χ1n) is 5.57. The molecule has 0 N–H and O–H groups in total. The number of hydrogen-bond acceptors (Lipinski definition) is 0. The minimum atomic E-state index is 0.911. The first-order chi connectivity index (χ1) is 5.57. The first kappa shape index (κ1) is 10.1. The van der Waals surface area contributed by atoms with Crippen LogP contribution >= 0.6 is 0 Å². The predicted octanol–water partition coefficient (Wildman–Crippen LogP) is 3.96. The van der Waals surface area contributed by atoms with Gasteiger partial charge in [-0.25, -0.2) is 0 Å². The molecule has 0 amide bonds. The van der Waals surface area contributed by atoms with Crippen LogP contribution in [0.25, 0.3) is 0 Å². The van der Waals surface area contributed by atoms with Crippen LogP contribution in [0.1, 0.15) is 47.5 Å². The van der Waals surface area contributed by atoms with E-state index < -0.39 is 0 Å². The molecule has 0 aromatic rings. The largest absolute Gasteiger partial charge is 0.0651 e. The van der Waals surface area contributed by atoms with E-state index in [-0.39, 0.29) is 0 Å². The lowest BCUT2D eigenvalue weighted by molar-refractivity contribution is 0.429. The van der Waals surface area contributed by atoms with Crippen LogP contribution in [0.2, 0.25) is 0 Å². The lowest BCUT2D eigenvalue weighted by Gasteiger charge is -2.08. The van der Waals surface area contributed by atoms with E-state index in [4.69, 9.17) is 0 Å². The maximum absolute atomic E-state index is 2.43. The quantitative estimate of drug-likeness (QED) is 0.596. The summed E-state index contributed by atoms with van der Waals surface area (Å²) in [7, 11) is 0. The summed E-state index contributed by atoms with van der Waals surface area (Å²) >= 11 is 0. The monoisotopic (exact) mass is 168 g/mol. The lowest BCUT2D eigenvalue weighted by Crippen LogP contribution is -1.98. The molecule has 0 bridgehead atoms. The molecular weight excluding hydrogens is 144 g/mol. The summed E-state index contributed by atoms with van der Waals surface area (Å²) in [6.45, 7) is 11.9. The maximum atomic E-state index is 2.43. The van der Waals surface area contributed by atoms with Gasteiger partial charge in [0.1, 0.15) is 0 Å². The molecule has 1 aliphatic carbocycles. The Hall–Kier alpha value is 0. The molecule has 0 radical (unpaired) electrons. The second-order valence-electron chi connectivity index (χ2n) is 5.09. The first-order valence-corrected chi connectivity index (χ1v) is 5.57. The number of rotatable bonds is 4. The van der Waals surface area contributed by atoms with E-state index >= 15 is 0 Å². The fraction of sp³-hybridized carbons (Fsp3) is 1.00. The van der Waals surface area contributed by atoms with Crippen LogP contribution in [0.3, 0.4) is 0 Å². The highest BCUT2D eigenvalue weighted by molar-refractivity contribution is 4.95. The molecule has 0 heteroatoms.